The molecule has 172 valence electrons. The third-order valence-corrected chi connectivity index (χ3v) is 6.07. The number of rotatable bonds is 9. The van der Waals surface area contributed by atoms with E-state index >= 15 is 0 Å². The number of carbonyl (C=O) groups is 3. The van der Waals surface area contributed by atoms with Crippen LogP contribution in [-0.4, -0.2) is 65.7 Å². The highest BCUT2D eigenvalue weighted by Crippen LogP contribution is 2.21. The summed E-state index contributed by atoms with van der Waals surface area (Å²) in [5, 5.41) is 13.7. The van der Waals surface area contributed by atoms with E-state index in [-0.39, 0.29) is 27.7 Å². The number of ether oxygens (including phenoxy) is 1. The largest absolute Gasteiger partial charge is 0.382 e. The van der Waals surface area contributed by atoms with E-state index in [2.05, 4.69) is 20.8 Å². The first kappa shape index (κ1) is 23.8. The van der Waals surface area contributed by atoms with E-state index in [1.807, 2.05) is 26.0 Å². The van der Waals surface area contributed by atoms with E-state index < -0.39 is 5.91 Å². The Labute approximate surface area is 191 Å². The van der Waals surface area contributed by atoms with Crippen molar-refractivity contribution >= 4 is 34.7 Å². The van der Waals surface area contributed by atoms with Crippen LogP contribution in [0.15, 0.2) is 24.3 Å². The minimum atomic E-state index is -0.409. The van der Waals surface area contributed by atoms with Gasteiger partial charge in [-0.25, -0.2) is 0 Å². The molecule has 1 fully saturated rings. The van der Waals surface area contributed by atoms with Gasteiger partial charge >= 0.3 is 0 Å². The number of aromatic nitrogens is 2. The highest BCUT2D eigenvalue weighted by molar-refractivity contribution is 7.15. The predicted molar refractivity (Wildman–Crippen MR) is 122 cm³/mol. The summed E-state index contributed by atoms with van der Waals surface area (Å²) in [6.07, 6.45) is 2.23. The van der Waals surface area contributed by atoms with Crippen LogP contribution in [0.1, 0.15) is 51.4 Å². The van der Waals surface area contributed by atoms with Crippen LogP contribution in [0.2, 0.25) is 0 Å². The number of aryl methyl sites for hydroxylation is 1. The molecule has 1 atom stereocenters. The smallest absolute Gasteiger partial charge is 0.286 e. The molecule has 9 nitrogen and oxygen atoms in total. The first-order valence-corrected chi connectivity index (χ1v) is 11.7. The molecule has 0 spiro atoms. The number of likely N-dealkylation sites (tertiary alicyclic amines) is 1. The van der Waals surface area contributed by atoms with Gasteiger partial charge in [0.1, 0.15) is 0 Å². The maximum absolute atomic E-state index is 12.9. The molecule has 0 aliphatic carbocycles. The predicted octanol–water partition coefficient (Wildman–Crippen LogP) is 2.49. The zero-order valence-corrected chi connectivity index (χ0v) is 19.2. The Kier molecular flexibility index (Phi) is 8.69. The van der Waals surface area contributed by atoms with Gasteiger partial charge in [-0.1, -0.05) is 29.0 Å². The summed E-state index contributed by atoms with van der Waals surface area (Å²) in [5.41, 5.74) is 1.74. The SMILES string of the molecule is CCOCCCNC(=O)[C@H]1CCCN(C(=O)c2nnc(C(=O)Nc3ccc(C)cc3)s2)C1. The molecular formula is C22H29N5O4S. The number of nitrogens with zero attached hydrogens (tertiary/aromatic N) is 3. The molecule has 1 aromatic carbocycles. The van der Waals surface area contributed by atoms with E-state index in [0.717, 1.165) is 36.2 Å². The Morgan fingerprint density at radius 1 is 1.19 bits per heavy atom. The van der Waals surface area contributed by atoms with Crippen molar-refractivity contribution in [3.05, 3.63) is 39.8 Å². The monoisotopic (exact) mass is 459 g/mol. The minimum absolute atomic E-state index is 0.0468. The molecule has 3 amide bonds. The van der Waals surface area contributed by atoms with Gasteiger partial charge in [0.15, 0.2) is 0 Å². The van der Waals surface area contributed by atoms with Crippen molar-refractivity contribution < 1.29 is 19.1 Å². The molecule has 2 heterocycles. The summed E-state index contributed by atoms with van der Waals surface area (Å²) in [4.78, 5) is 39.4. The van der Waals surface area contributed by atoms with E-state index in [1.54, 1.807) is 17.0 Å². The molecule has 32 heavy (non-hydrogen) atoms. The molecule has 2 N–H and O–H groups in total. The van der Waals surface area contributed by atoms with Crippen molar-refractivity contribution in [3.63, 3.8) is 0 Å². The normalized spacial score (nSPS) is 15.9. The molecular weight excluding hydrogens is 430 g/mol. The lowest BCUT2D eigenvalue weighted by molar-refractivity contribution is -0.126. The fraction of sp³-hybridized carbons (Fsp3) is 0.500. The summed E-state index contributed by atoms with van der Waals surface area (Å²) in [6, 6.07) is 7.39. The number of piperidine rings is 1. The van der Waals surface area contributed by atoms with E-state index in [0.29, 0.717) is 38.5 Å². The van der Waals surface area contributed by atoms with Crippen LogP contribution in [0.4, 0.5) is 5.69 Å². The quantitative estimate of drug-likeness (QED) is 0.557. The van der Waals surface area contributed by atoms with Gasteiger partial charge in [0.2, 0.25) is 15.9 Å². The average molecular weight is 460 g/mol. The van der Waals surface area contributed by atoms with Crippen molar-refractivity contribution in [2.24, 2.45) is 5.92 Å². The second-order valence-corrected chi connectivity index (χ2v) is 8.64. The minimum Gasteiger partial charge on any atom is -0.382 e. The fourth-order valence-corrected chi connectivity index (χ4v) is 4.11. The summed E-state index contributed by atoms with van der Waals surface area (Å²) >= 11 is 0.956. The maximum Gasteiger partial charge on any atom is 0.286 e. The number of benzene rings is 1. The van der Waals surface area contributed by atoms with Gasteiger partial charge < -0.3 is 20.3 Å². The Bertz CT molecular complexity index is 931. The van der Waals surface area contributed by atoms with Gasteiger partial charge in [0.05, 0.1) is 5.92 Å². The van der Waals surface area contributed by atoms with Gasteiger partial charge in [-0.05, 0) is 45.2 Å². The highest BCUT2D eigenvalue weighted by Gasteiger charge is 2.30. The van der Waals surface area contributed by atoms with Gasteiger partial charge in [0, 0.05) is 38.5 Å². The number of hydrogen-bond donors (Lipinski definition) is 2. The standard InChI is InChI=1S/C22H29N5O4S/c1-3-31-13-5-11-23-18(28)16-6-4-12-27(14-16)22(30)21-26-25-20(32-21)19(29)24-17-9-7-15(2)8-10-17/h7-10,16H,3-6,11-14H2,1-2H3,(H,23,28)(H,24,29)/t16-/m0/s1. The van der Waals surface area contributed by atoms with E-state index in [1.165, 1.54) is 0 Å². The second-order valence-electron chi connectivity index (χ2n) is 7.66. The van der Waals surface area contributed by atoms with Gasteiger partial charge in [0.25, 0.3) is 11.8 Å². The van der Waals surface area contributed by atoms with Crippen molar-refractivity contribution in [3.8, 4) is 0 Å². The topological polar surface area (TPSA) is 114 Å². The molecule has 3 rings (SSSR count). The molecule has 0 radical (unpaired) electrons. The molecule has 0 unspecified atom stereocenters. The van der Waals surface area contributed by atoms with Crippen molar-refractivity contribution in [2.45, 2.75) is 33.1 Å². The highest BCUT2D eigenvalue weighted by atomic mass is 32.1. The van der Waals surface area contributed by atoms with Crippen LogP contribution in [-0.2, 0) is 9.53 Å². The first-order valence-electron chi connectivity index (χ1n) is 10.8. The lowest BCUT2D eigenvalue weighted by Crippen LogP contribution is -2.45. The summed E-state index contributed by atoms with van der Waals surface area (Å²) in [5.74, 6) is -1.01. The molecule has 1 aromatic heterocycles. The lowest BCUT2D eigenvalue weighted by atomic mass is 9.97. The first-order chi connectivity index (χ1) is 15.5. The lowest BCUT2D eigenvalue weighted by Gasteiger charge is -2.31. The van der Waals surface area contributed by atoms with Crippen LogP contribution in [0.25, 0.3) is 0 Å². The summed E-state index contributed by atoms with van der Waals surface area (Å²) in [6.45, 7) is 6.61. The molecule has 0 saturated carbocycles. The fourth-order valence-electron chi connectivity index (χ4n) is 3.41. The van der Waals surface area contributed by atoms with Crippen molar-refractivity contribution in [1.82, 2.24) is 20.4 Å². The van der Waals surface area contributed by atoms with Gasteiger partial charge in [-0.2, -0.15) is 0 Å². The Morgan fingerprint density at radius 2 is 1.94 bits per heavy atom. The Morgan fingerprint density at radius 3 is 2.69 bits per heavy atom. The van der Waals surface area contributed by atoms with Crippen molar-refractivity contribution in [2.75, 3.05) is 38.2 Å². The summed E-state index contributed by atoms with van der Waals surface area (Å²) in [7, 11) is 0. The van der Waals surface area contributed by atoms with Crippen LogP contribution >= 0.6 is 11.3 Å². The van der Waals surface area contributed by atoms with Crippen LogP contribution in [0.3, 0.4) is 0 Å². The number of carbonyl (C=O) groups excluding carboxylic acids is 3. The molecule has 1 aliphatic heterocycles. The molecule has 2 aromatic rings. The Hall–Kier alpha value is -2.85. The Balaban J connectivity index is 1.53. The van der Waals surface area contributed by atoms with E-state index in [4.69, 9.17) is 4.74 Å². The van der Waals surface area contributed by atoms with E-state index in [9.17, 15) is 14.4 Å². The summed E-state index contributed by atoms with van der Waals surface area (Å²) < 4.78 is 5.27. The zero-order valence-electron chi connectivity index (χ0n) is 18.4. The average Bonchev–Trinajstić information content (AvgIpc) is 3.30. The number of amides is 3. The number of hydrogen-bond acceptors (Lipinski definition) is 7. The second kappa shape index (κ2) is 11.7. The third kappa shape index (κ3) is 6.57. The number of nitrogens with one attached hydrogen (secondary N) is 2. The zero-order chi connectivity index (χ0) is 22.9. The van der Waals surface area contributed by atoms with Crippen LogP contribution in [0, 0.1) is 12.8 Å². The molecule has 1 aliphatic rings. The van der Waals surface area contributed by atoms with Crippen molar-refractivity contribution in [1.29, 1.82) is 0 Å². The van der Waals surface area contributed by atoms with Gasteiger partial charge in [-0.15, -0.1) is 10.2 Å². The molecule has 10 heteroatoms. The van der Waals surface area contributed by atoms with Crippen LogP contribution in [0.5, 0.6) is 0 Å². The molecule has 1 saturated heterocycles. The van der Waals surface area contributed by atoms with Crippen LogP contribution < -0.4 is 10.6 Å². The number of anilines is 1. The maximum atomic E-state index is 12.9. The van der Waals surface area contributed by atoms with Gasteiger partial charge in [-0.3, -0.25) is 14.4 Å². The molecule has 0 bridgehead atoms. The third-order valence-electron chi connectivity index (χ3n) is 5.16.